The van der Waals surface area contributed by atoms with E-state index in [1.165, 1.54) is 35.4 Å². The van der Waals surface area contributed by atoms with Crippen LogP contribution >= 0.6 is 31.7 Å². The molecule has 0 spiro atoms. The quantitative estimate of drug-likeness (QED) is 0.379. The Morgan fingerprint density at radius 3 is 0.769 bits per heavy atom. The van der Waals surface area contributed by atoms with Crippen LogP contribution in [0.5, 0.6) is 0 Å². The molecule has 0 fully saturated rings. The van der Waals surface area contributed by atoms with Crippen molar-refractivity contribution >= 4 is 42.5 Å². The fourth-order valence-corrected chi connectivity index (χ4v) is 7.39. The molecule has 0 saturated heterocycles. The first-order valence-corrected chi connectivity index (χ1v) is 19.0. The van der Waals surface area contributed by atoms with Crippen LogP contribution in [0, 0.1) is 0 Å². The zero-order chi connectivity index (χ0) is 19.4. The maximum Gasteiger partial charge on any atom is -0.00749 e. The van der Waals surface area contributed by atoms with Crippen molar-refractivity contribution in [2.75, 3.05) is 53.3 Å². The maximum atomic E-state index is 2.54. The van der Waals surface area contributed by atoms with Crippen molar-refractivity contribution in [1.82, 2.24) is 0 Å². The molecule has 0 amide bonds. The topological polar surface area (TPSA) is 0 Å². The molecule has 0 heterocycles. The molecule has 0 radical (unpaired) electrons. The Hall–Kier alpha value is 0.420. The molecule has 0 nitrogen and oxygen atoms in total. The lowest BCUT2D eigenvalue weighted by molar-refractivity contribution is 1.26. The van der Waals surface area contributed by atoms with Crippen LogP contribution in [0.15, 0.2) is 24.3 Å². The molecule has 0 aliphatic rings. The summed E-state index contributed by atoms with van der Waals surface area (Å²) in [6.45, 7) is 19.3. The Kier molecular flexibility index (Phi) is 8.97. The largest absolute Gasteiger partial charge is 0.109 e. The minimum Gasteiger partial charge on any atom is -0.109 e. The number of fused-ring (bicyclic) bond motifs is 1. The van der Waals surface area contributed by atoms with Gasteiger partial charge in [0.05, 0.1) is 0 Å². The van der Waals surface area contributed by atoms with Gasteiger partial charge in [0.25, 0.3) is 0 Å². The van der Waals surface area contributed by atoms with Gasteiger partial charge in [0.2, 0.25) is 0 Å². The van der Waals surface area contributed by atoms with Gasteiger partial charge in [-0.2, -0.15) is 0 Å². The van der Waals surface area contributed by atoms with Gasteiger partial charge >= 0.3 is 0 Å². The standard InChI is InChI=1S/C22H36P4/c1-23(2)13-19-9-17-11-21(15-25(5)6)22(16-26(7)8)12-18(17)10-20(19)14-24(3)4/h9-12H,13-16H2,1-8H3. The molecular formula is C22H36P4. The monoisotopic (exact) mass is 424 g/mol. The van der Waals surface area contributed by atoms with Crippen molar-refractivity contribution in [2.45, 2.75) is 24.6 Å². The van der Waals surface area contributed by atoms with Gasteiger partial charge in [-0.1, -0.05) is 24.3 Å². The smallest absolute Gasteiger partial charge is 0.00749 e. The van der Waals surface area contributed by atoms with Gasteiger partial charge in [-0.05, 0) is 111 Å². The minimum absolute atomic E-state index is 0.100. The molecule has 0 atom stereocenters. The van der Waals surface area contributed by atoms with Crippen molar-refractivity contribution in [3.05, 3.63) is 46.5 Å². The Labute approximate surface area is 166 Å². The molecule has 0 saturated carbocycles. The lowest BCUT2D eigenvalue weighted by atomic mass is 9.98. The summed E-state index contributed by atoms with van der Waals surface area (Å²) in [7, 11) is 0.401. The first-order chi connectivity index (χ1) is 12.2. The van der Waals surface area contributed by atoms with Crippen LogP contribution in [0.4, 0.5) is 0 Å². The van der Waals surface area contributed by atoms with Crippen LogP contribution < -0.4 is 0 Å². The number of benzene rings is 2. The molecule has 4 heteroatoms. The highest BCUT2D eigenvalue weighted by atomic mass is 31.1. The molecule has 2 aromatic carbocycles. The van der Waals surface area contributed by atoms with E-state index in [0.29, 0.717) is 0 Å². The van der Waals surface area contributed by atoms with Crippen molar-refractivity contribution in [3.63, 3.8) is 0 Å². The van der Waals surface area contributed by atoms with Gasteiger partial charge in [-0.15, -0.1) is 31.7 Å². The summed E-state index contributed by atoms with van der Waals surface area (Å²) in [6, 6.07) is 10.1. The minimum atomic E-state index is 0.100. The highest BCUT2D eigenvalue weighted by Crippen LogP contribution is 2.41. The third kappa shape index (κ3) is 6.79. The predicted octanol–water partition coefficient (Wildman–Crippen LogP) is 7.81. The van der Waals surface area contributed by atoms with Crippen LogP contribution in [0.1, 0.15) is 22.3 Å². The zero-order valence-corrected chi connectivity index (χ0v) is 21.5. The van der Waals surface area contributed by atoms with Gasteiger partial charge in [-0.25, -0.2) is 0 Å². The molecule has 2 aromatic rings. The van der Waals surface area contributed by atoms with E-state index in [4.69, 9.17) is 0 Å². The molecule has 0 aliphatic carbocycles. The van der Waals surface area contributed by atoms with Crippen molar-refractivity contribution < 1.29 is 0 Å². The summed E-state index contributed by atoms with van der Waals surface area (Å²) >= 11 is 0. The Morgan fingerprint density at radius 2 is 0.615 bits per heavy atom. The summed E-state index contributed by atoms with van der Waals surface area (Å²) in [6.07, 6.45) is 5.07. The number of hydrogen-bond donors (Lipinski definition) is 0. The summed E-state index contributed by atoms with van der Waals surface area (Å²) in [4.78, 5) is 0. The average Bonchev–Trinajstić information content (AvgIpc) is 2.47. The maximum absolute atomic E-state index is 2.54. The Bertz CT molecular complexity index is 611. The van der Waals surface area contributed by atoms with Crippen LogP contribution in [-0.2, 0) is 24.6 Å². The highest BCUT2D eigenvalue weighted by molar-refractivity contribution is 7.56. The van der Waals surface area contributed by atoms with E-state index in [9.17, 15) is 0 Å². The lowest BCUT2D eigenvalue weighted by Gasteiger charge is -2.19. The second-order valence-electron chi connectivity index (χ2n) is 8.54. The molecule has 0 aromatic heterocycles. The first-order valence-electron chi connectivity index (χ1n) is 9.32. The van der Waals surface area contributed by atoms with E-state index in [2.05, 4.69) is 77.6 Å². The van der Waals surface area contributed by atoms with Gasteiger partial charge in [0.1, 0.15) is 0 Å². The average molecular weight is 424 g/mol. The van der Waals surface area contributed by atoms with E-state index in [0.717, 1.165) is 0 Å². The second kappa shape index (κ2) is 10.3. The predicted molar refractivity (Wildman–Crippen MR) is 134 cm³/mol. The first kappa shape index (κ1) is 22.7. The van der Waals surface area contributed by atoms with Gasteiger partial charge in [-0.3, -0.25) is 0 Å². The fraction of sp³-hybridized carbons (Fsp3) is 0.545. The van der Waals surface area contributed by atoms with Crippen molar-refractivity contribution in [1.29, 1.82) is 0 Å². The van der Waals surface area contributed by atoms with Crippen LogP contribution in [-0.4, -0.2) is 53.3 Å². The fourth-order valence-electron chi connectivity index (χ4n) is 3.49. The van der Waals surface area contributed by atoms with E-state index < -0.39 is 0 Å². The Balaban J connectivity index is 2.59. The molecular weight excluding hydrogens is 388 g/mol. The molecule has 0 N–H and O–H groups in total. The van der Waals surface area contributed by atoms with E-state index in [-0.39, 0.29) is 31.7 Å². The van der Waals surface area contributed by atoms with Crippen LogP contribution in [0.2, 0.25) is 0 Å². The SMILES string of the molecule is CP(C)Cc1cc2cc(CP(C)C)c(CP(C)C)cc2cc1CP(C)C. The summed E-state index contributed by atoms with van der Waals surface area (Å²) in [5.41, 5.74) is 6.47. The van der Waals surface area contributed by atoms with E-state index in [1.54, 1.807) is 22.3 Å². The molecule has 26 heavy (non-hydrogen) atoms. The summed E-state index contributed by atoms with van der Waals surface area (Å²) in [5.74, 6) is 0. The van der Waals surface area contributed by atoms with Gasteiger partial charge < -0.3 is 0 Å². The van der Waals surface area contributed by atoms with E-state index in [1.807, 2.05) is 0 Å². The van der Waals surface area contributed by atoms with Gasteiger partial charge in [0.15, 0.2) is 0 Å². The van der Waals surface area contributed by atoms with E-state index >= 15 is 0 Å². The normalized spacial score (nSPS) is 12.3. The summed E-state index contributed by atoms with van der Waals surface area (Å²) < 4.78 is 0. The zero-order valence-electron chi connectivity index (χ0n) is 17.9. The molecule has 144 valence electrons. The molecule has 0 aliphatic heterocycles. The summed E-state index contributed by atoms with van der Waals surface area (Å²) in [5, 5.41) is 2.95. The highest BCUT2D eigenvalue weighted by Gasteiger charge is 2.13. The molecule has 0 unspecified atom stereocenters. The molecule has 0 bridgehead atoms. The van der Waals surface area contributed by atoms with Crippen LogP contribution in [0.3, 0.4) is 0 Å². The molecule has 2 rings (SSSR count). The number of hydrogen-bond acceptors (Lipinski definition) is 0. The second-order valence-corrected chi connectivity index (χ2v) is 18.4. The van der Waals surface area contributed by atoms with Crippen molar-refractivity contribution in [3.8, 4) is 0 Å². The van der Waals surface area contributed by atoms with Crippen LogP contribution in [0.25, 0.3) is 10.8 Å². The van der Waals surface area contributed by atoms with Gasteiger partial charge in [0, 0.05) is 0 Å². The third-order valence-corrected chi connectivity index (χ3v) is 8.32. The lowest BCUT2D eigenvalue weighted by Crippen LogP contribution is -1.97. The Morgan fingerprint density at radius 1 is 0.423 bits per heavy atom. The number of rotatable bonds is 8. The van der Waals surface area contributed by atoms with Crippen molar-refractivity contribution in [2.24, 2.45) is 0 Å². The third-order valence-electron chi connectivity index (χ3n) is 4.42.